The number of thiazole rings is 1. The number of aromatic amines is 1. The molecule has 7 heteroatoms. The fraction of sp³-hybridized carbons (Fsp3) is 0. The van der Waals surface area contributed by atoms with E-state index in [-0.39, 0.29) is 5.91 Å². The van der Waals surface area contributed by atoms with Crippen LogP contribution in [0.3, 0.4) is 0 Å². The second kappa shape index (κ2) is 5.82. The van der Waals surface area contributed by atoms with Crippen molar-refractivity contribution in [3.8, 4) is 11.3 Å². The van der Waals surface area contributed by atoms with Crippen LogP contribution in [0.4, 0.5) is 5.69 Å². The number of imidazole rings is 2. The lowest BCUT2D eigenvalue weighted by Crippen LogP contribution is -2.11. The van der Waals surface area contributed by atoms with E-state index in [9.17, 15) is 4.79 Å². The van der Waals surface area contributed by atoms with Crippen LogP contribution in [0.15, 0.2) is 66.6 Å². The Hall–Kier alpha value is -3.45. The summed E-state index contributed by atoms with van der Waals surface area (Å²) in [5, 5.41) is 4.95. The Morgan fingerprint density at radius 2 is 2.15 bits per heavy atom. The molecule has 0 aliphatic heterocycles. The zero-order chi connectivity index (χ0) is 17.5. The Balaban J connectivity index is 1.43. The minimum Gasteiger partial charge on any atom is -0.345 e. The molecule has 6 nitrogen and oxygen atoms in total. The Bertz CT molecular complexity index is 1220. The Kier molecular flexibility index (Phi) is 3.32. The predicted molar refractivity (Wildman–Crippen MR) is 103 cm³/mol. The van der Waals surface area contributed by atoms with Gasteiger partial charge in [0.2, 0.25) is 0 Å². The minimum absolute atomic E-state index is 0.163. The first kappa shape index (κ1) is 14.9. The van der Waals surface area contributed by atoms with Crippen LogP contribution in [-0.4, -0.2) is 25.3 Å². The summed E-state index contributed by atoms with van der Waals surface area (Å²) in [4.78, 5) is 25.3. The smallest absolute Gasteiger partial charge is 0.255 e. The topological polar surface area (TPSA) is 75.1 Å². The molecule has 3 aromatic heterocycles. The summed E-state index contributed by atoms with van der Waals surface area (Å²) in [6.07, 6.45) is 5.58. The van der Waals surface area contributed by atoms with Gasteiger partial charge in [0.05, 0.1) is 23.1 Å². The van der Waals surface area contributed by atoms with Gasteiger partial charge in [-0.15, -0.1) is 11.3 Å². The number of nitrogens with one attached hydrogen (secondary N) is 2. The van der Waals surface area contributed by atoms with Crippen molar-refractivity contribution in [1.29, 1.82) is 0 Å². The highest BCUT2D eigenvalue weighted by Crippen LogP contribution is 2.24. The number of amides is 1. The molecule has 0 spiro atoms. The number of carbonyl (C=O) groups excluding carboxylic acids is 1. The molecule has 0 saturated carbocycles. The number of hydrogen-bond donors (Lipinski definition) is 2. The van der Waals surface area contributed by atoms with Gasteiger partial charge in [0, 0.05) is 34.6 Å². The lowest BCUT2D eigenvalue weighted by molar-refractivity contribution is 0.102. The SMILES string of the molecule is O=C(Nc1cccc(-c2cn3ccsc3n2)c1)c1ccc2nc[nH]c2c1. The third-order valence-electron chi connectivity index (χ3n) is 4.19. The molecule has 5 rings (SSSR count). The van der Waals surface area contributed by atoms with Gasteiger partial charge in [-0.25, -0.2) is 9.97 Å². The van der Waals surface area contributed by atoms with E-state index in [1.807, 2.05) is 52.5 Å². The number of rotatable bonds is 3. The molecule has 0 unspecified atom stereocenters. The minimum atomic E-state index is -0.163. The largest absolute Gasteiger partial charge is 0.345 e. The first-order valence-electron chi connectivity index (χ1n) is 8.03. The van der Waals surface area contributed by atoms with Crippen LogP contribution in [0.25, 0.3) is 27.3 Å². The number of fused-ring (bicyclic) bond motifs is 2. The third-order valence-corrected chi connectivity index (χ3v) is 4.96. The zero-order valence-corrected chi connectivity index (χ0v) is 14.3. The second-order valence-electron chi connectivity index (χ2n) is 5.89. The lowest BCUT2D eigenvalue weighted by atomic mass is 10.1. The van der Waals surface area contributed by atoms with Crippen molar-refractivity contribution in [3.05, 3.63) is 72.1 Å². The maximum atomic E-state index is 12.6. The van der Waals surface area contributed by atoms with E-state index in [4.69, 9.17) is 0 Å². The summed E-state index contributed by atoms with van der Waals surface area (Å²) in [6.45, 7) is 0. The van der Waals surface area contributed by atoms with E-state index in [0.717, 1.165) is 32.9 Å². The first-order valence-corrected chi connectivity index (χ1v) is 8.91. The van der Waals surface area contributed by atoms with E-state index in [2.05, 4.69) is 20.3 Å². The van der Waals surface area contributed by atoms with Crippen molar-refractivity contribution in [2.45, 2.75) is 0 Å². The molecular weight excluding hydrogens is 346 g/mol. The molecule has 0 aliphatic carbocycles. The van der Waals surface area contributed by atoms with Gasteiger partial charge in [-0.3, -0.25) is 9.20 Å². The fourth-order valence-corrected chi connectivity index (χ4v) is 3.60. The van der Waals surface area contributed by atoms with E-state index in [1.165, 1.54) is 0 Å². The summed E-state index contributed by atoms with van der Waals surface area (Å²) in [7, 11) is 0. The monoisotopic (exact) mass is 359 g/mol. The zero-order valence-electron chi connectivity index (χ0n) is 13.5. The van der Waals surface area contributed by atoms with Crippen molar-refractivity contribution < 1.29 is 4.79 Å². The van der Waals surface area contributed by atoms with Crippen molar-refractivity contribution in [3.63, 3.8) is 0 Å². The van der Waals surface area contributed by atoms with Crippen LogP contribution in [0.5, 0.6) is 0 Å². The normalized spacial score (nSPS) is 11.2. The molecule has 3 heterocycles. The van der Waals surface area contributed by atoms with Crippen LogP contribution < -0.4 is 5.32 Å². The van der Waals surface area contributed by atoms with E-state index < -0.39 is 0 Å². The summed E-state index contributed by atoms with van der Waals surface area (Å²) in [5.41, 5.74) is 4.82. The average Bonchev–Trinajstić information content (AvgIpc) is 3.36. The Morgan fingerprint density at radius 1 is 1.19 bits per heavy atom. The number of hydrogen-bond acceptors (Lipinski definition) is 4. The number of anilines is 1. The second-order valence-corrected chi connectivity index (χ2v) is 6.76. The number of nitrogens with zero attached hydrogens (tertiary/aromatic N) is 3. The molecule has 26 heavy (non-hydrogen) atoms. The number of carbonyl (C=O) groups is 1. The predicted octanol–water partition coefficient (Wildman–Crippen LogP) is 4.19. The van der Waals surface area contributed by atoms with Crippen molar-refractivity contribution in [2.24, 2.45) is 0 Å². The van der Waals surface area contributed by atoms with Gasteiger partial charge >= 0.3 is 0 Å². The molecule has 5 aromatic rings. The number of H-pyrrole nitrogens is 1. The molecule has 1 amide bonds. The summed E-state index contributed by atoms with van der Waals surface area (Å²) in [5.74, 6) is -0.163. The van der Waals surface area contributed by atoms with Gasteiger partial charge in [0.1, 0.15) is 0 Å². The van der Waals surface area contributed by atoms with E-state index in [1.54, 1.807) is 29.8 Å². The molecule has 0 fully saturated rings. The molecule has 2 aromatic carbocycles. The molecule has 126 valence electrons. The van der Waals surface area contributed by atoms with Crippen LogP contribution >= 0.6 is 11.3 Å². The lowest BCUT2D eigenvalue weighted by Gasteiger charge is -2.07. The Morgan fingerprint density at radius 3 is 3.08 bits per heavy atom. The maximum absolute atomic E-state index is 12.6. The highest BCUT2D eigenvalue weighted by Gasteiger charge is 2.10. The molecule has 0 saturated heterocycles. The summed E-state index contributed by atoms with van der Waals surface area (Å²) >= 11 is 1.59. The van der Waals surface area contributed by atoms with Gasteiger partial charge in [-0.2, -0.15) is 0 Å². The molecule has 0 atom stereocenters. The van der Waals surface area contributed by atoms with Crippen LogP contribution in [0.1, 0.15) is 10.4 Å². The van der Waals surface area contributed by atoms with E-state index in [0.29, 0.717) is 5.56 Å². The fourth-order valence-electron chi connectivity index (χ4n) is 2.90. The number of benzene rings is 2. The highest BCUT2D eigenvalue weighted by atomic mass is 32.1. The Labute approximate surface area is 152 Å². The quantitative estimate of drug-likeness (QED) is 0.507. The van der Waals surface area contributed by atoms with Crippen molar-refractivity contribution in [1.82, 2.24) is 19.4 Å². The summed E-state index contributed by atoms with van der Waals surface area (Å²) < 4.78 is 1.99. The standard InChI is InChI=1S/C19H13N5OS/c25-18(13-4-5-15-16(9-13)21-11-20-15)22-14-3-1-2-12(8-14)17-10-24-6-7-26-19(24)23-17/h1-11H,(H,20,21)(H,22,25). The van der Waals surface area contributed by atoms with E-state index >= 15 is 0 Å². The molecule has 0 radical (unpaired) electrons. The highest BCUT2D eigenvalue weighted by molar-refractivity contribution is 7.15. The van der Waals surface area contributed by atoms with Gasteiger partial charge < -0.3 is 10.3 Å². The first-order chi connectivity index (χ1) is 12.8. The summed E-state index contributed by atoms with van der Waals surface area (Å²) in [6, 6.07) is 13.1. The third kappa shape index (κ3) is 2.55. The van der Waals surface area contributed by atoms with Crippen molar-refractivity contribution in [2.75, 3.05) is 5.32 Å². The molecule has 2 N–H and O–H groups in total. The van der Waals surface area contributed by atoms with Gasteiger partial charge in [0.25, 0.3) is 5.91 Å². The van der Waals surface area contributed by atoms with Gasteiger partial charge in [0.15, 0.2) is 4.96 Å². The van der Waals surface area contributed by atoms with Crippen LogP contribution in [0.2, 0.25) is 0 Å². The molecular formula is C19H13N5OS. The average molecular weight is 359 g/mol. The maximum Gasteiger partial charge on any atom is 0.255 e. The molecule has 0 bridgehead atoms. The van der Waals surface area contributed by atoms with Gasteiger partial charge in [-0.05, 0) is 30.3 Å². The van der Waals surface area contributed by atoms with Crippen LogP contribution in [0, 0.1) is 0 Å². The number of aromatic nitrogens is 4. The van der Waals surface area contributed by atoms with Gasteiger partial charge in [-0.1, -0.05) is 12.1 Å². The molecule has 0 aliphatic rings. The van der Waals surface area contributed by atoms with Crippen molar-refractivity contribution >= 4 is 38.9 Å². The van der Waals surface area contributed by atoms with Crippen LogP contribution in [-0.2, 0) is 0 Å².